The number of aryl methyl sites for hydroxylation is 1. The maximum Gasteiger partial charge on any atom is 0.235 e. The number of amides is 1. The quantitative estimate of drug-likeness (QED) is 0.851. The molecule has 0 saturated heterocycles. The van der Waals surface area contributed by atoms with Gasteiger partial charge in [-0.2, -0.15) is 0 Å². The first-order valence-electron chi connectivity index (χ1n) is 7.24. The molecule has 0 N–H and O–H groups in total. The van der Waals surface area contributed by atoms with E-state index in [4.69, 9.17) is 0 Å². The average molecular weight is 302 g/mol. The molecule has 0 radical (unpaired) electrons. The molecule has 1 atom stereocenters. The molecule has 5 heteroatoms. The molecule has 0 spiro atoms. The topological polar surface area (TPSA) is 33.2 Å². The van der Waals surface area contributed by atoms with Crippen molar-refractivity contribution in [3.63, 3.8) is 0 Å². The highest BCUT2D eigenvalue weighted by Gasteiger charge is 2.31. The summed E-state index contributed by atoms with van der Waals surface area (Å²) in [6.45, 7) is 0. The normalized spacial score (nSPS) is 17.0. The van der Waals surface area contributed by atoms with Gasteiger partial charge in [-0.3, -0.25) is 9.78 Å². The van der Waals surface area contributed by atoms with Crippen molar-refractivity contribution in [2.24, 2.45) is 0 Å². The van der Waals surface area contributed by atoms with Gasteiger partial charge in [0, 0.05) is 19.3 Å². The fraction of sp³-hybridized carbons (Fsp3) is 0.294. The number of anilines is 1. The molecule has 1 aliphatic carbocycles. The molecule has 0 saturated carbocycles. The summed E-state index contributed by atoms with van der Waals surface area (Å²) in [6.07, 6.45) is 4.11. The predicted octanol–water partition coefficient (Wildman–Crippen LogP) is 3.44. The second kappa shape index (κ2) is 5.83. The van der Waals surface area contributed by atoms with Crippen LogP contribution < -0.4 is 4.90 Å². The summed E-state index contributed by atoms with van der Waals surface area (Å²) in [6, 6.07) is 6.91. The Morgan fingerprint density at radius 2 is 2.14 bits per heavy atom. The van der Waals surface area contributed by atoms with E-state index >= 15 is 0 Å². The highest BCUT2D eigenvalue weighted by molar-refractivity contribution is 5.97. The van der Waals surface area contributed by atoms with Crippen molar-refractivity contribution in [2.75, 3.05) is 11.9 Å². The summed E-state index contributed by atoms with van der Waals surface area (Å²) in [5.74, 6) is -1.85. The number of carbonyl (C=O) groups excluding carboxylic acids is 1. The smallest absolute Gasteiger partial charge is 0.235 e. The van der Waals surface area contributed by atoms with Gasteiger partial charge in [-0.25, -0.2) is 8.78 Å². The summed E-state index contributed by atoms with van der Waals surface area (Å²) in [7, 11) is 1.47. The van der Waals surface area contributed by atoms with Crippen LogP contribution in [0.4, 0.5) is 14.5 Å². The maximum atomic E-state index is 13.9. The molecule has 3 nitrogen and oxygen atoms in total. The summed E-state index contributed by atoms with van der Waals surface area (Å²) < 4.78 is 27.2. The van der Waals surface area contributed by atoms with Gasteiger partial charge in [0.1, 0.15) is 11.6 Å². The fourth-order valence-electron chi connectivity index (χ4n) is 2.95. The Morgan fingerprint density at radius 1 is 1.32 bits per heavy atom. The molecule has 1 aliphatic rings. The van der Waals surface area contributed by atoms with Gasteiger partial charge in [-0.05, 0) is 43.0 Å². The molecular weight excluding hydrogens is 286 g/mol. The van der Waals surface area contributed by atoms with E-state index in [-0.39, 0.29) is 11.6 Å². The van der Waals surface area contributed by atoms with Crippen LogP contribution in [0.5, 0.6) is 0 Å². The molecule has 0 unspecified atom stereocenters. The van der Waals surface area contributed by atoms with Gasteiger partial charge in [0.25, 0.3) is 0 Å². The van der Waals surface area contributed by atoms with Crippen molar-refractivity contribution in [1.82, 2.24) is 4.98 Å². The molecule has 114 valence electrons. The van der Waals surface area contributed by atoms with Crippen LogP contribution in [0.15, 0.2) is 36.5 Å². The predicted molar refractivity (Wildman–Crippen MR) is 79.7 cm³/mol. The van der Waals surface area contributed by atoms with Gasteiger partial charge in [0.05, 0.1) is 17.3 Å². The van der Waals surface area contributed by atoms with Crippen LogP contribution in [0, 0.1) is 11.6 Å². The molecule has 1 amide bonds. The SMILES string of the molecule is CN(C(=O)[C@@H]1CCCc2cccnc21)c1cc(F)ccc1F. The van der Waals surface area contributed by atoms with E-state index < -0.39 is 17.6 Å². The lowest BCUT2D eigenvalue weighted by Gasteiger charge is -2.28. The lowest BCUT2D eigenvalue weighted by molar-refractivity contribution is -0.120. The zero-order valence-electron chi connectivity index (χ0n) is 12.2. The first-order chi connectivity index (χ1) is 10.6. The molecule has 2 aromatic rings. The molecule has 0 bridgehead atoms. The minimum Gasteiger partial charge on any atom is -0.312 e. The zero-order valence-corrected chi connectivity index (χ0v) is 12.2. The number of hydrogen-bond donors (Lipinski definition) is 0. The van der Waals surface area contributed by atoms with Crippen molar-refractivity contribution >= 4 is 11.6 Å². The third-order valence-electron chi connectivity index (χ3n) is 4.09. The number of hydrogen-bond acceptors (Lipinski definition) is 2. The number of halogens is 2. The van der Waals surface area contributed by atoms with Crippen LogP contribution in [0.1, 0.15) is 30.0 Å². The van der Waals surface area contributed by atoms with Gasteiger partial charge in [-0.15, -0.1) is 0 Å². The molecule has 3 rings (SSSR count). The molecule has 1 aromatic heterocycles. The Kier molecular flexibility index (Phi) is 3.88. The van der Waals surface area contributed by atoms with Crippen LogP contribution in [0.3, 0.4) is 0 Å². The second-order valence-corrected chi connectivity index (χ2v) is 5.49. The maximum absolute atomic E-state index is 13.9. The van der Waals surface area contributed by atoms with Crippen molar-refractivity contribution in [3.05, 3.63) is 59.4 Å². The standard InChI is InChI=1S/C17H16F2N2O/c1-21(15-10-12(18)7-8-14(15)19)17(22)13-6-2-4-11-5-3-9-20-16(11)13/h3,5,7-10,13H,2,4,6H2,1H3/t13-/m1/s1. The average Bonchev–Trinajstić information content (AvgIpc) is 2.55. The molecule has 22 heavy (non-hydrogen) atoms. The first kappa shape index (κ1) is 14.6. The number of nitrogens with zero attached hydrogens (tertiary/aromatic N) is 2. The van der Waals surface area contributed by atoms with E-state index in [0.29, 0.717) is 6.42 Å². The van der Waals surface area contributed by atoms with Gasteiger partial charge in [0.2, 0.25) is 5.91 Å². The third-order valence-corrected chi connectivity index (χ3v) is 4.09. The van der Waals surface area contributed by atoms with Crippen LogP contribution in [-0.2, 0) is 11.2 Å². The number of rotatable bonds is 2. The Hall–Kier alpha value is -2.30. The Balaban J connectivity index is 1.93. The minimum atomic E-state index is -0.616. The number of carbonyl (C=O) groups is 1. The van der Waals surface area contributed by atoms with Crippen LogP contribution in [-0.4, -0.2) is 17.9 Å². The lowest BCUT2D eigenvalue weighted by atomic mass is 9.85. The molecule has 1 heterocycles. The molecular formula is C17H16F2N2O. The van der Waals surface area contributed by atoms with E-state index in [2.05, 4.69) is 4.98 Å². The van der Waals surface area contributed by atoms with Crippen molar-refractivity contribution in [1.29, 1.82) is 0 Å². The van der Waals surface area contributed by atoms with Gasteiger partial charge in [-0.1, -0.05) is 6.07 Å². The Morgan fingerprint density at radius 3 is 2.95 bits per heavy atom. The van der Waals surface area contributed by atoms with Crippen LogP contribution in [0.25, 0.3) is 0 Å². The van der Waals surface area contributed by atoms with Crippen LogP contribution in [0.2, 0.25) is 0 Å². The Bertz CT molecular complexity index is 718. The van der Waals surface area contributed by atoms with E-state index in [9.17, 15) is 13.6 Å². The zero-order chi connectivity index (χ0) is 15.7. The highest BCUT2D eigenvalue weighted by Crippen LogP contribution is 2.32. The second-order valence-electron chi connectivity index (χ2n) is 5.49. The Labute approximate surface area is 127 Å². The van der Waals surface area contributed by atoms with Gasteiger partial charge >= 0.3 is 0 Å². The van der Waals surface area contributed by atoms with E-state index in [0.717, 1.165) is 42.3 Å². The monoisotopic (exact) mass is 302 g/mol. The van der Waals surface area contributed by atoms with Crippen LogP contribution >= 0.6 is 0 Å². The minimum absolute atomic E-state index is 0.0481. The highest BCUT2D eigenvalue weighted by atomic mass is 19.1. The number of likely N-dealkylation sites (N-methyl/N-ethyl adjacent to an activating group) is 1. The van der Waals surface area contributed by atoms with E-state index in [1.807, 2.05) is 12.1 Å². The van der Waals surface area contributed by atoms with Crippen molar-refractivity contribution < 1.29 is 13.6 Å². The number of pyridine rings is 1. The van der Waals surface area contributed by atoms with E-state index in [1.165, 1.54) is 11.9 Å². The lowest BCUT2D eigenvalue weighted by Crippen LogP contribution is -2.34. The van der Waals surface area contributed by atoms with Crippen molar-refractivity contribution in [2.45, 2.75) is 25.2 Å². The summed E-state index contributed by atoms with van der Waals surface area (Å²) in [5, 5.41) is 0. The first-order valence-corrected chi connectivity index (χ1v) is 7.24. The number of benzene rings is 1. The summed E-state index contributed by atoms with van der Waals surface area (Å²) >= 11 is 0. The van der Waals surface area contributed by atoms with Gasteiger partial charge < -0.3 is 4.90 Å². The summed E-state index contributed by atoms with van der Waals surface area (Å²) in [4.78, 5) is 18.2. The largest absolute Gasteiger partial charge is 0.312 e. The fourth-order valence-corrected chi connectivity index (χ4v) is 2.95. The number of fused-ring (bicyclic) bond motifs is 1. The molecule has 0 aliphatic heterocycles. The van der Waals surface area contributed by atoms with Crippen molar-refractivity contribution in [3.8, 4) is 0 Å². The van der Waals surface area contributed by atoms with E-state index in [1.54, 1.807) is 6.20 Å². The third kappa shape index (κ3) is 2.58. The molecule has 0 fully saturated rings. The molecule has 1 aromatic carbocycles. The van der Waals surface area contributed by atoms with Gasteiger partial charge in [0.15, 0.2) is 0 Å². The number of aromatic nitrogens is 1. The summed E-state index contributed by atoms with van der Waals surface area (Å²) in [5.41, 5.74) is 1.76.